The van der Waals surface area contributed by atoms with E-state index in [4.69, 9.17) is 16.0 Å². The number of nitrogens with zero attached hydrogens (tertiary/aromatic N) is 2. The van der Waals surface area contributed by atoms with Crippen molar-refractivity contribution in [2.45, 2.75) is 23.0 Å². The smallest absolute Gasteiger partial charge is 0.247 e. The Morgan fingerprint density at radius 1 is 0.950 bits per heavy atom. The van der Waals surface area contributed by atoms with Crippen LogP contribution in [0.5, 0.6) is 0 Å². The number of benzene rings is 4. The number of anilines is 2. The average Bonchev–Trinajstić information content (AvgIpc) is 3.51. The third kappa shape index (κ3) is 5.50. The molecule has 1 unspecified atom stereocenters. The molecule has 1 atom stereocenters. The number of thioether (sulfide) groups is 1. The molecule has 1 fully saturated rings. The lowest BCUT2D eigenvalue weighted by molar-refractivity contribution is -0.121. The molecule has 2 heterocycles. The normalized spacial score (nSPS) is 15.1. The fraction of sp³-hybridized carbons (Fsp3) is 0.0968. The first-order valence-corrected chi connectivity index (χ1v) is 13.8. The Hall–Kier alpha value is -4.40. The predicted molar refractivity (Wildman–Crippen MR) is 156 cm³/mol. The van der Waals surface area contributed by atoms with E-state index in [-0.39, 0.29) is 30.6 Å². The molecule has 0 spiro atoms. The maximum Gasteiger partial charge on any atom is 0.247 e. The standard InChI is InChI=1S/C31H22ClN3O4S/c32-21-9-5-19(6-10-21)17-28(36)33-22-11-15-24(16-12-22)40-27-18-29(37)35(31(27)38)23-13-7-20(8-14-23)30-34-25-3-1-2-4-26(25)39-30/h1-16,27H,17-18H2,(H,33,36). The van der Waals surface area contributed by atoms with Gasteiger partial charge in [0, 0.05) is 27.6 Å². The predicted octanol–water partition coefficient (Wildman–Crippen LogP) is 6.75. The van der Waals surface area contributed by atoms with E-state index in [0.717, 1.165) is 21.5 Å². The Morgan fingerprint density at radius 3 is 2.40 bits per heavy atom. The van der Waals surface area contributed by atoms with E-state index in [1.807, 2.05) is 48.5 Å². The second-order valence-electron chi connectivity index (χ2n) is 9.29. The number of hydrogen-bond acceptors (Lipinski definition) is 6. The van der Waals surface area contributed by atoms with E-state index in [9.17, 15) is 14.4 Å². The topological polar surface area (TPSA) is 92.5 Å². The zero-order valence-corrected chi connectivity index (χ0v) is 22.6. The van der Waals surface area contributed by atoms with Gasteiger partial charge in [-0.3, -0.25) is 14.4 Å². The summed E-state index contributed by atoms with van der Waals surface area (Å²) in [5.74, 6) is -0.171. The Labute approximate surface area is 239 Å². The van der Waals surface area contributed by atoms with E-state index >= 15 is 0 Å². The molecule has 3 amide bonds. The molecule has 198 valence electrons. The summed E-state index contributed by atoms with van der Waals surface area (Å²) >= 11 is 7.23. The molecule has 0 radical (unpaired) electrons. The molecule has 1 aliphatic rings. The van der Waals surface area contributed by atoms with E-state index < -0.39 is 5.25 Å². The second-order valence-corrected chi connectivity index (χ2v) is 11.0. The van der Waals surface area contributed by atoms with Crippen molar-refractivity contribution in [1.82, 2.24) is 4.98 Å². The Kier molecular flexibility index (Phi) is 7.11. The molecule has 0 bridgehead atoms. The lowest BCUT2D eigenvalue weighted by Crippen LogP contribution is -2.31. The van der Waals surface area contributed by atoms with Crippen molar-refractivity contribution in [1.29, 1.82) is 0 Å². The highest BCUT2D eigenvalue weighted by atomic mass is 35.5. The minimum atomic E-state index is -0.533. The number of aromatic nitrogens is 1. The zero-order valence-electron chi connectivity index (χ0n) is 21.0. The Balaban J connectivity index is 1.08. The van der Waals surface area contributed by atoms with Crippen molar-refractivity contribution in [3.8, 4) is 11.5 Å². The summed E-state index contributed by atoms with van der Waals surface area (Å²) in [6.07, 6.45) is 0.341. The van der Waals surface area contributed by atoms with Gasteiger partial charge in [0.05, 0.1) is 17.4 Å². The van der Waals surface area contributed by atoms with Crippen LogP contribution in [0.2, 0.25) is 5.02 Å². The molecule has 6 rings (SSSR count). The lowest BCUT2D eigenvalue weighted by Gasteiger charge is -2.15. The highest BCUT2D eigenvalue weighted by Crippen LogP contribution is 2.35. The summed E-state index contributed by atoms with van der Waals surface area (Å²) in [5.41, 5.74) is 4.24. The van der Waals surface area contributed by atoms with Gasteiger partial charge >= 0.3 is 0 Å². The van der Waals surface area contributed by atoms with Crippen LogP contribution in [0.25, 0.3) is 22.6 Å². The van der Waals surface area contributed by atoms with Crippen LogP contribution in [0, 0.1) is 0 Å². The van der Waals surface area contributed by atoms with Crippen LogP contribution in [0.1, 0.15) is 12.0 Å². The van der Waals surface area contributed by atoms with Gasteiger partial charge in [-0.1, -0.05) is 35.9 Å². The Morgan fingerprint density at radius 2 is 1.68 bits per heavy atom. The monoisotopic (exact) mass is 567 g/mol. The third-order valence-corrected chi connectivity index (χ3v) is 7.92. The minimum Gasteiger partial charge on any atom is -0.436 e. The van der Waals surface area contributed by atoms with Crippen molar-refractivity contribution in [2.24, 2.45) is 0 Å². The van der Waals surface area contributed by atoms with Crippen molar-refractivity contribution in [2.75, 3.05) is 10.2 Å². The summed E-state index contributed by atoms with van der Waals surface area (Å²) in [6.45, 7) is 0. The number of amides is 3. The van der Waals surface area contributed by atoms with Crippen molar-refractivity contribution in [3.05, 3.63) is 108 Å². The first kappa shape index (κ1) is 25.9. The number of hydrogen-bond donors (Lipinski definition) is 1. The average molecular weight is 568 g/mol. The summed E-state index contributed by atoms with van der Waals surface area (Å²) < 4.78 is 5.82. The first-order chi connectivity index (χ1) is 19.4. The highest BCUT2D eigenvalue weighted by molar-refractivity contribution is 8.00. The molecule has 0 saturated carbocycles. The second kappa shape index (κ2) is 11.0. The maximum absolute atomic E-state index is 13.2. The number of para-hydroxylation sites is 2. The van der Waals surface area contributed by atoms with Crippen LogP contribution in [-0.2, 0) is 20.8 Å². The fourth-order valence-electron chi connectivity index (χ4n) is 4.49. The molecule has 5 aromatic rings. The van der Waals surface area contributed by atoms with Gasteiger partial charge in [0.1, 0.15) is 5.52 Å². The minimum absolute atomic E-state index is 0.107. The largest absolute Gasteiger partial charge is 0.436 e. The number of imide groups is 1. The molecule has 9 heteroatoms. The molecule has 4 aromatic carbocycles. The van der Waals surface area contributed by atoms with Crippen molar-refractivity contribution < 1.29 is 18.8 Å². The van der Waals surface area contributed by atoms with Gasteiger partial charge in [0.25, 0.3) is 0 Å². The van der Waals surface area contributed by atoms with Gasteiger partial charge in [-0.05, 0) is 78.4 Å². The number of fused-ring (bicyclic) bond motifs is 1. The Bertz CT molecular complexity index is 1680. The van der Waals surface area contributed by atoms with E-state index in [1.165, 1.54) is 16.7 Å². The molecule has 0 aliphatic carbocycles. The number of rotatable bonds is 7. The van der Waals surface area contributed by atoms with Crippen LogP contribution in [-0.4, -0.2) is 28.0 Å². The summed E-state index contributed by atoms with van der Waals surface area (Å²) in [7, 11) is 0. The molecule has 1 N–H and O–H groups in total. The molecule has 1 aliphatic heterocycles. The van der Waals surface area contributed by atoms with Crippen LogP contribution in [0.4, 0.5) is 11.4 Å². The molecular weight excluding hydrogens is 546 g/mol. The summed E-state index contributed by atoms with van der Waals surface area (Å²) in [4.78, 5) is 44.9. The fourth-order valence-corrected chi connectivity index (χ4v) is 5.67. The van der Waals surface area contributed by atoms with Crippen molar-refractivity contribution in [3.63, 3.8) is 0 Å². The quantitative estimate of drug-likeness (QED) is 0.219. The zero-order chi connectivity index (χ0) is 27.6. The van der Waals surface area contributed by atoms with E-state index in [1.54, 1.807) is 48.5 Å². The van der Waals surface area contributed by atoms with Crippen LogP contribution in [0.15, 0.2) is 106 Å². The summed E-state index contributed by atoms with van der Waals surface area (Å²) in [6, 6.07) is 28.9. The molecule has 7 nitrogen and oxygen atoms in total. The summed E-state index contributed by atoms with van der Waals surface area (Å²) in [5, 5.41) is 2.96. The molecule has 1 saturated heterocycles. The molecule has 1 aromatic heterocycles. The first-order valence-electron chi connectivity index (χ1n) is 12.6. The van der Waals surface area contributed by atoms with Gasteiger partial charge in [-0.2, -0.15) is 0 Å². The van der Waals surface area contributed by atoms with Gasteiger partial charge in [0.15, 0.2) is 5.58 Å². The number of carbonyl (C=O) groups excluding carboxylic acids is 3. The number of carbonyl (C=O) groups is 3. The number of nitrogens with one attached hydrogen (secondary N) is 1. The van der Waals surface area contributed by atoms with Gasteiger partial charge in [0.2, 0.25) is 23.6 Å². The number of halogens is 1. The molecular formula is C31H22ClN3O4S. The maximum atomic E-state index is 13.2. The number of oxazole rings is 1. The van der Waals surface area contributed by atoms with Gasteiger partial charge in [-0.15, -0.1) is 11.8 Å². The van der Waals surface area contributed by atoms with Crippen LogP contribution in [0.3, 0.4) is 0 Å². The van der Waals surface area contributed by atoms with Crippen LogP contribution >= 0.6 is 23.4 Å². The van der Waals surface area contributed by atoms with E-state index in [0.29, 0.717) is 27.9 Å². The highest BCUT2D eigenvalue weighted by Gasteiger charge is 2.40. The van der Waals surface area contributed by atoms with Crippen LogP contribution < -0.4 is 10.2 Å². The van der Waals surface area contributed by atoms with E-state index in [2.05, 4.69) is 10.3 Å². The van der Waals surface area contributed by atoms with Crippen molar-refractivity contribution >= 4 is 63.6 Å². The lowest BCUT2D eigenvalue weighted by atomic mass is 10.1. The SMILES string of the molecule is O=C(Cc1ccc(Cl)cc1)Nc1ccc(SC2CC(=O)N(c3ccc(-c4nc5ccccc5o4)cc3)C2=O)cc1. The third-order valence-electron chi connectivity index (χ3n) is 6.47. The van der Waals surface area contributed by atoms with Gasteiger partial charge in [-0.25, -0.2) is 9.88 Å². The van der Waals surface area contributed by atoms with Gasteiger partial charge < -0.3 is 9.73 Å². The molecule has 40 heavy (non-hydrogen) atoms.